The number of methoxy groups -OCH3 is 1. The molecular weight excluding hydrogens is 577 g/mol. The van der Waals surface area contributed by atoms with Gasteiger partial charge in [0.15, 0.2) is 27.1 Å². The number of rotatable bonds is 9. The van der Waals surface area contributed by atoms with E-state index in [1.807, 2.05) is 0 Å². The quantitative estimate of drug-likeness (QED) is 0.299. The standard InChI is InChI=1S/C26H25F3N8O4S/c1-3-42(39,40)15-7-6-14(30-10-15)9-31-22-25(38)37(18-8-16(18)26(27,28)29)23-17(35-22)11-32-21(36-23)19-20(13-4-5-13)33-12-34-24(19)41-2/h6-7,10-13,16,18H,3-5,8-9H2,1-2H3,(H,31,35)/t16-,18?/m0/s1. The number of anilines is 1. The summed E-state index contributed by atoms with van der Waals surface area (Å²) in [5.41, 5.74) is 0.766. The molecule has 0 aromatic carbocycles. The Morgan fingerprint density at radius 2 is 1.88 bits per heavy atom. The van der Waals surface area contributed by atoms with Gasteiger partial charge in [-0.15, -0.1) is 0 Å². The summed E-state index contributed by atoms with van der Waals surface area (Å²) >= 11 is 0. The minimum absolute atomic E-state index is 0.0319. The lowest BCUT2D eigenvalue weighted by atomic mass is 10.1. The zero-order valence-corrected chi connectivity index (χ0v) is 23.3. The molecule has 4 aromatic heterocycles. The van der Waals surface area contributed by atoms with Crippen LogP contribution in [-0.4, -0.2) is 61.9 Å². The zero-order valence-electron chi connectivity index (χ0n) is 22.5. The van der Waals surface area contributed by atoms with Gasteiger partial charge in [-0.2, -0.15) is 13.2 Å². The number of nitrogens with one attached hydrogen (secondary N) is 1. The minimum atomic E-state index is -4.50. The van der Waals surface area contributed by atoms with Crippen molar-refractivity contribution in [1.29, 1.82) is 0 Å². The molecule has 2 atom stereocenters. The van der Waals surface area contributed by atoms with Gasteiger partial charge < -0.3 is 10.1 Å². The van der Waals surface area contributed by atoms with Crippen LogP contribution in [0.3, 0.4) is 0 Å². The van der Waals surface area contributed by atoms with E-state index in [1.54, 1.807) is 0 Å². The average Bonchev–Trinajstić information content (AvgIpc) is 3.90. The summed E-state index contributed by atoms with van der Waals surface area (Å²) in [6.07, 6.45) is 0.968. The van der Waals surface area contributed by atoms with Crippen molar-refractivity contribution in [2.45, 2.75) is 55.8 Å². The summed E-state index contributed by atoms with van der Waals surface area (Å²) in [5.74, 6) is -1.51. The van der Waals surface area contributed by atoms with Crippen molar-refractivity contribution in [1.82, 2.24) is 34.5 Å². The molecule has 220 valence electrons. The Morgan fingerprint density at radius 1 is 1.10 bits per heavy atom. The fourth-order valence-electron chi connectivity index (χ4n) is 4.82. The van der Waals surface area contributed by atoms with E-state index in [0.29, 0.717) is 17.0 Å². The molecule has 2 fully saturated rings. The van der Waals surface area contributed by atoms with Gasteiger partial charge in [0.2, 0.25) is 5.88 Å². The van der Waals surface area contributed by atoms with E-state index >= 15 is 0 Å². The first-order valence-electron chi connectivity index (χ1n) is 13.2. The molecule has 4 heterocycles. The molecule has 1 N–H and O–H groups in total. The lowest BCUT2D eigenvalue weighted by molar-refractivity contribution is -0.150. The predicted molar refractivity (Wildman–Crippen MR) is 144 cm³/mol. The van der Waals surface area contributed by atoms with E-state index in [0.717, 1.165) is 17.4 Å². The van der Waals surface area contributed by atoms with Crippen LogP contribution in [-0.2, 0) is 16.4 Å². The Balaban J connectivity index is 1.41. The Bertz CT molecular complexity index is 1840. The summed E-state index contributed by atoms with van der Waals surface area (Å²) in [5, 5.41) is 2.83. The average molecular weight is 603 g/mol. The van der Waals surface area contributed by atoms with Crippen LogP contribution in [0.2, 0.25) is 0 Å². The highest BCUT2D eigenvalue weighted by atomic mass is 32.2. The highest BCUT2D eigenvalue weighted by Gasteiger charge is 2.57. The first-order valence-corrected chi connectivity index (χ1v) is 14.8. The number of nitrogens with zero attached hydrogens (tertiary/aromatic N) is 7. The zero-order chi connectivity index (χ0) is 29.8. The van der Waals surface area contributed by atoms with Crippen molar-refractivity contribution in [2.75, 3.05) is 18.2 Å². The van der Waals surface area contributed by atoms with Crippen molar-refractivity contribution < 1.29 is 26.3 Å². The Labute approximate surface area is 237 Å². The largest absolute Gasteiger partial charge is 0.480 e. The SMILES string of the molecule is CCS(=O)(=O)c1ccc(CNc2nc3cnc(-c4c(OC)ncnc4C4CC4)nc3n(C3C[C@@H]3C(F)(F)F)c2=O)nc1. The second-order valence-corrected chi connectivity index (χ2v) is 12.4. The molecule has 0 aliphatic heterocycles. The van der Waals surface area contributed by atoms with Gasteiger partial charge in [0.05, 0.1) is 53.8 Å². The number of aromatic nitrogens is 7. The van der Waals surface area contributed by atoms with Crippen LogP contribution in [0, 0.1) is 5.92 Å². The van der Waals surface area contributed by atoms with Crippen LogP contribution in [0.1, 0.15) is 49.5 Å². The maximum absolute atomic E-state index is 13.6. The lowest BCUT2D eigenvalue weighted by Crippen LogP contribution is -2.27. The predicted octanol–water partition coefficient (Wildman–Crippen LogP) is 3.45. The van der Waals surface area contributed by atoms with Crippen LogP contribution in [0.15, 0.2) is 40.5 Å². The molecule has 1 unspecified atom stereocenters. The summed E-state index contributed by atoms with van der Waals surface area (Å²) in [6, 6.07) is 1.72. The van der Waals surface area contributed by atoms with Crippen LogP contribution in [0.5, 0.6) is 5.88 Å². The Morgan fingerprint density at radius 3 is 2.50 bits per heavy atom. The molecule has 0 spiro atoms. The molecule has 12 nitrogen and oxygen atoms in total. The van der Waals surface area contributed by atoms with E-state index in [2.05, 4.69) is 35.2 Å². The minimum Gasteiger partial charge on any atom is -0.480 e. The van der Waals surface area contributed by atoms with E-state index in [4.69, 9.17) is 4.74 Å². The van der Waals surface area contributed by atoms with E-state index in [9.17, 15) is 26.4 Å². The van der Waals surface area contributed by atoms with Crippen LogP contribution >= 0.6 is 0 Å². The van der Waals surface area contributed by atoms with E-state index in [1.165, 1.54) is 44.9 Å². The highest BCUT2D eigenvalue weighted by Crippen LogP contribution is 2.53. The van der Waals surface area contributed by atoms with E-state index in [-0.39, 0.29) is 58.2 Å². The van der Waals surface area contributed by atoms with Gasteiger partial charge >= 0.3 is 6.18 Å². The normalized spacial score (nSPS) is 18.7. The number of fused-ring (bicyclic) bond motifs is 1. The number of ether oxygens (including phenoxy) is 1. The maximum Gasteiger partial charge on any atom is 0.393 e. The number of alkyl halides is 3. The van der Waals surface area contributed by atoms with Crippen molar-refractivity contribution in [3.63, 3.8) is 0 Å². The lowest BCUT2D eigenvalue weighted by Gasteiger charge is -2.15. The van der Waals surface area contributed by atoms with Gasteiger partial charge in [-0.3, -0.25) is 14.3 Å². The molecule has 2 aliphatic rings. The van der Waals surface area contributed by atoms with Crippen molar-refractivity contribution in [3.8, 4) is 17.3 Å². The van der Waals surface area contributed by atoms with Gasteiger partial charge in [-0.1, -0.05) is 6.92 Å². The van der Waals surface area contributed by atoms with Crippen LogP contribution in [0.25, 0.3) is 22.6 Å². The maximum atomic E-state index is 13.6. The first-order chi connectivity index (χ1) is 20.0. The second kappa shape index (κ2) is 10.3. The third kappa shape index (κ3) is 5.14. The Kier molecular flexibility index (Phi) is 6.82. The van der Waals surface area contributed by atoms with Gasteiger partial charge in [-0.05, 0) is 31.4 Å². The molecule has 0 saturated heterocycles. The molecule has 0 bridgehead atoms. The fourth-order valence-corrected chi connectivity index (χ4v) is 5.64. The van der Waals surface area contributed by atoms with E-state index < -0.39 is 33.5 Å². The molecule has 0 amide bonds. The smallest absolute Gasteiger partial charge is 0.393 e. The molecule has 42 heavy (non-hydrogen) atoms. The fraction of sp³-hybridized carbons (Fsp3) is 0.423. The summed E-state index contributed by atoms with van der Waals surface area (Å²) in [6.45, 7) is 1.49. The number of hydrogen-bond acceptors (Lipinski definition) is 11. The van der Waals surface area contributed by atoms with Crippen LogP contribution in [0.4, 0.5) is 19.0 Å². The summed E-state index contributed by atoms with van der Waals surface area (Å²) in [7, 11) is -2.01. The summed E-state index contributed by atoms with van der Waals surface area (Å²) in [4.78, 5) is 39.6. The molecule has 2 saturated carbocycles. The molecule has 0 radical (unpaired) electrons. The van der Waals surface area contributed by atoms with Crippen LogP contribution < -0.4 is 15.6 Å². The monoisotopic (exact) mass is 602 g/mol. The molecule has 16 heteroatoms. The highest BCUT2D eigenvalue weighted by molar-refractivity contribution is 7.91. The topological polar surface area (TPSA) is 155 Å². The number of pyridine rings is 1. The second-order valence-electron chi connectivity index (χ2n) is 10.1. The van der Waals surface area contributed by atoms with Gasteiger partial charge in [0, 0.05) is 12.1 Å². The third-order valence-electron chi connectivity index (χ3n) is 7.34. The number of sulfone groups is 1. The van der Waals surface area contributed by atoms with Gasteiger partial charge in [0.25, 0.3) is 5.56 Å². The molecule has 6 rings (SSSR count). The molecule has 4 aromatic rings. The van der Waals surface area contributed by atoms with Gasteiger partial charge in [0.1, 0.15) is 17.4 Å². The Hall–Kier alpha value is -4.21. The number of halogens is 3. The van der Waals surface area contributed by atoms with Crippen molar-refractivity contribution in [3.05, 3.63) is 52.6 Å². The summed E-state index contributed by atoms with van der Waals surface area (Å²) < 4.78 is 71.5. The molecule has 2 aliphatic carbocycles. The third-order valence-corrected chi connectivity index (χ3v) is 9.06. The van der Waals surface area contributed by atoms with Crippen molar-refractivity contribution >= 4 is 26.8 Å². The van der Waals surface area contributed by atoms with Gasteiger partial charge in [-0.25, -0.2) is 33.3 Å². The first kappa shape index (κ1) is 27.9. The molecular formula is C26H25F3N8O4S. The van der Waals surface area contributed by atoms with Crippen molar-refractivity contribution in [2.24, 2.45) is 5.92 Å². The number of hydrogen-bond donors (Lipinski definition) is 1.